The summed E-state index contributed by atoms with van der Waals surface area (Å²) >= 11 is 0. The Morgan fingerprint density at radius 2 is 2.11 bits per heavy atom. The van der Waals surface area contributed by atoms with Gasteiger partial charge in [0.15, 0.2) is 5.96 Å². The van der Waals surface area contributed by atoms with Crippen molar-refractivity contribution in [3.63, 3.8) is 0 Å². The largest absolute Gasteiger partial charge is 0.381 e. The second kappa shape index (κ2) is 8.61. The molecule has 27 heavy (non-hydrogen) atoms. The Bertz CT molecular complexity index is 645. The summed E-state index contributed by atoms with van der Waals surface area (Å²) in [5.74, 6) is 1.03. The number of hydrogen-bond donors (Lipinski definition) is 1. The minimum atomic E-state index is -0.123. The van der Waals surface area contributed by atoms with E-state index in [1.54, 1.807) is 0 Å². The van der Waals surface area contributed by atoms with Crippen molar-refractivity contribution < 1.29 is 9.47 Å². The van der Waals surface area contributed by atoms with E-state index in [0.29, 0.717) is 18.6 Å². The van der Waals surface area contributed by atoms with Gasteiger partial charge in [-0.05, 0) is 51.7 Å². The number of ether oxygens (including phenoxy) is 2. The van der Waals surface area contributed by atoms with Crippen molar-refractivity contribution in [3.05, 3.63) is 35.4 Å². The molecule has 0 radical (unpaired) electrons. The monoisotopic (exact) mass is 373 g/mol. The molecule has 0 saturated carbocycles. The Kier molecular flexibility index (Phi) is 6.43. The van der Waals surface area contributed by atoms with Crippen LogP contribution in [0.25, 0.3) is 0 Å². The maximum atomic E-state index is 5.90. The number of guanidine groups is 1. The first-order valence-corrected chi connectivity index (χ1v) is 10.2. The summed E-state index contributed by atoms with van der Waals surface area (Å²) in [6.07, 6.45) is 2.38. The van der Waals surface area contributed by atoms with Crippen LogP contribution in [0.4, 0.5) is 0 Å². The molecule has 0 aromatic heterocycles. The first-order chi connectivity index (χ1) is 12.9. The van der Waals surface area contributed by atoms with E-state index in [1.165, 1.54) is 24.0 Å². The Morgan fingerprint density at radius 3 is 2.81 bits per heavy atom. The number of nitrogens with one attached hydrogen (secondary N) is 1. The van der Waals surface area contributed by atoms with Gasteiger partial charge in [0.25, 0.3) is 0 Å². The van der Waals surface area contributed by atoms with Gasteiger partial charge in [-0.25, -0.2) is 4.99 Å². The van der Waals surface area contributed by atoms with Gasteiger partial charge in [-0.1, -0.05) is 24.3 Å². The second-order valence-electron chi connectivity index (χ2n) is 8.87. The van der Waals surface area contributed by atoms with E-state index in [0.717, 1.165) is 38.8 Å². The van der Waals surface area contributed by atoms with Crippen LogP contribution in [0.5, 0.6) is 0 Å². The number of likely N-dealkylation sites (tertiary alicyclic amines) is 1. The zero-order chi connectivity index (χ0) is 19.3. The van der Waals surface area contributed by atoms with Crippen molar-refractivity contribution in [1.29, 1.82) is 0 Å². The van der Waals surface area contributed by atoms with Gasteiger partial charge in [-0.2, -0.15) is 0 Å². The molecule has 1 spiro atoms. The molecule has 2 heterocycles. The minimum absolute atomic E-state index is 0.123. The molecule has 2 fully saturated rings. The van der Waals surface area contributed by atoms with Gasteiger partial charge in [-0.15, -0.1) is 0 Å². The molecule has 0 amide bonds. The molecule has 1 atom stereocenters. The maximum Gasteiger partial charge on any atom is 0.194 e. The minimum Gasteiger partial charge on any atom is -0.381 e. The van der Waals surface area contributed by atoms with Crippen LogP contribution in [0.1, 0.15) is 51.7 Å². The lowest BCUT2D eigenvalue weighted by molar-refractivity contribution is -0.0149. The average molecular weight is 374 g/mol. The van der Waals surface area contributed by atoms with E-state index < -0.39 is 0 Å². The van der Waals surface area contributed by atoms with Crippen LogP contribution in [-0.2, 0) is 22.6 Å². The number of nitrogens with zero attached hydrogens (tertiary/aromatic N) is 2. The number of hydrogen-bond acceptors (Lipinski definition) is 3. The highest BCUT2D eigenvalue weighted by Gasteiger charge is 2.42. The molecule has 2 aliphatic heterocycles. The highest BCUT2D eigenvalue weighted by molar-refractivity contribution is 5.80. The molecule has 1 aromatic rings. The van der Waals surface area contributed by atoms with Crippen LogP contribution >= 0.6 is 0 Å². The highest BCUT2D eigenvalue weighted by atomic mass is 16.5. The van der Waals surface area contributed by atoms with Crippen LogP contribution in [0.2, 0.25) is 0 Å². The van der Waals surface area contributed by atoms with Crippen LogP contribution in [0, 0.1) is 5.41 Å². The Hall–Kier alpha value is -1.59. The molecule has 2 saturated heterocycles. The molecule has 3 rings (SSSR count). The second-order valence-corrected chi connectivity index (χ2v) is 8.87. The van der Waals surface area contributed by atoms with E-state index >= 15 is 0 Å². The number of aliphatic imine (C=N–C) groups is 1. The van der Waals surface area contributed by atoms with E-state index in [9.17, 15) is 0 Å². The zero-order valence-electron chi connectivity index (χ0n) is 17.4. The molecule has 0 bridgehead atoms. The lowest BCUT2D eigenvalue weighted by Gasteiger charge is -2.25. The molecule has 0 aliphatic carbocycles. The molecule has 2 aliphatic rings. The fourth-order valence-electron chi connectivity index (χ4n) is 3.80. The van der Waals surface area contributed by atoms with E-state index in [4.69, 9.17) is 14.5 Å². The van der Waals surface area contributed by atoms with Crippen LogP contribution in [0.15, 0.2) is 29.3 Å². The summed E-state index contributed by atoms with van der Waals surface area (Å²) in [5, 5.41) is 3.47. The molecule has 1 unspecified atom stereocenters. The third kappa shape index (κ3) is 5.69. The molecule has 5 heteroatoms. The third-order valence-electron chi connectivity index (χ3n) is 5.33. The van der Waals surface area contributed by atoms with Gasteiger partial charge in [0, 0.05) is 31.7 Å². The summed E-state index contributed by atoms with van der Waals surface area (Å²) in [4.78, 5) is 7.33. The smallest absolute Gasteiger partial charge is 0.194 e. The maximum absolute atomic E-state index is 5.90. The predicted octanol–water partition coefficient (Wildman–Crippen LogP) is 3.58. The van der Waals surface area contributed by atoms with Gasteiger partial charge in [0.2, 0.25) is 0 Å². The van der Waals surface area contributed by atoms with Crippen LogP contribution in [0.3, 0.4) is 0 Å². The van der Waals surface area contributed by atoms with E-state index in [2.05, 4.69) is 62.2 Å². The lowest BCUT2D eigenvalue weighted by Crippen LogP contribution is -2.41. The molecule has 1 N–H and O–H groups in total. The topological polar surface area (TPSA) is 46.1 Å². The normalized spacial score (nSPS) is 23.4. The van der Waals surface area contributed by atoms with Gasteiger partial charge in [-0.3, -0.25) is 0 Å². The van der Waals surface area contributed by atoms with Crippen LogP contribution < -0.4 is 5.32 Å². The SMILES string of the molecule is CCNC(=NCc1cccc(COC(C)(C)C)c1)N1CCC2(CCOC2)C1. The Balaban J connectivity index is 1.63. The summed E-state index contributed by atoms with van der Waals surface area (Å²) in [5.41, 5.74) is 2.65. The highest BCUT2D eigenvalue weighted by Crippen LogP contribution is 2.38. The fourth-order valence-corrected chi connectivity index (χ4v) is 3.80. The number of rotatable bonds is 5. The summed E-state index contributed by atoms with van der Waals surface area (Å²) in [6.45, 7) is 14.5. The molecular weight excluding hydrogens is 338 g/mol. The van der Waals surface area contributed by atoms with Crippen molar-refractivity contribution in [2.24, 2.45) is 10.4 Å². The quantitative estimate of drug-likeness (QED) is 0.633. The molecular formula is C22H35N3O2. The van der Waals surface area contributed by atoms with Crippen LogP contribution in [-0.4, -0.2) is 49.3 Å². The molecule has 150 valence electrons. The van der Waals surface area contributed by atoms with Crippen molar-refractivity contribution in [2.45, 2.75) is 59.3 Å². The Labute approximate surface area is 164 Å². The molecule has 5 nitrogen and oxygen atoms in total. The van der Waals surface area contributed by atoms with Gasteiger partial charge in [0.1, 0.15) is 0 Å². The first-order valence-electron chi connectivity index (χ1n) is 10.2. The van der Waals surface area contributed by atoms with E-state index in [-0.39, 0.29) is 5.60 Å². The third-order valence-corrected chi connectivity index (χ3v) is 5.33. The predicted molar refractivity (Wildman–Crippen MR) is 110 cm³/mol. The van der Waals surface area contributed by atoms with Gasteiger partial charge in [0.05, 0.1) is 25.4 Å². The summed E-state index contributed by atoms with van der Waals surface area (Å²) in [6, 6.07) is 8.56. The molecule has 1 aromatic carbocycles. The van der Waals surface area contributed by atoms with Gasteiger partial charge >= 0.3 is 0 Å². The van der Waals surface area contributed by atoms with Crippen molar-refractivity contribution in [2.75, 3.05) is 32.8 Å². The summed E-state index contributed by atoms with van der Waals surface area (Å²) in [7, 11) is 0. The lowest BCUT2D eigenvalue weighted by atomic mass is 9.87. The van der Waals surface area contributed by atoms with Crippen molar-refractivity contribution in [1.82, 2.24) is 10.2 Å². The summed E-state index contributed by atoms with van der Waals surface area (Å²) < 4.78 is 11.6. The average Bonchev–Trinajstić information content (AvgIpc) is 3.27. The zero-order valence-corrected chi connectivity index (χ0v) is 17.4. The van der Waals surface area contributed by atoms with Gasteiger partial charge < -0.3 is 19.7 Å². The van der Waals surface area contributed by atoms with Crippen molar-refractivity contribution in [3.8, 4) is 0 Å². The number of benzene rings is 1. The first kappa shape index (κ1) is 20.2. The van der Waals surface area contributed by atoms with Crippen molar-refractivity contribution >= 4 is 5.96 Å². The fraction of sp³-hybridized carbons (Fsp3) is 0.682. The Morgan fingerprint density at radius 1 is 1.30 bits per heavy atom. The van der Waals surface area contributed by atoms with E-state index in [1.807, 2.05) is 0 Å². The standard InChI is InChI=1S/C22H35N3O2/c1-5-23-20(25-11-9-22(16-25)10-12-26-17-22)24-14-18-7-6-8-19(13-18)15-27-21(2,3)4/h6-8,13H,5,9-12,14-17H2,1-4H3,(H,23,24).